The molecule has 0 spiro atoms. The summed E-state index contributed by atoms with van der Waals surface area (Å²) in [5.74, 6) is 0. The van der Waals surface area contributed by atoms with E-state index in [1.165, 1.54) is 10.5 Å². The highest BCUT2D eigenvalue weighted by atomic mass is 32.2. The molecule has 0 amide bonds. The van der Waals surface area contributed by atoms with Gasteiger partial charge in [-0.05, 0) is 31.2 Å². The van der Waals surface area contributed by atoms with E-state index in [-0.39, 0.29) is 5.54 Å². The van der Waals surface area contributed by atoms with E-state index in [4.69, 9.17) is 10.7 Å². The van der Waals surface area contributed by atoms with Crippen LogP contribution in [-0.4, -0.2) is 11.2 Å². The van der Waals surface area contributed by atoms with Gasteiger partial charge in [-0.25, -0.2) is 4.98 Å². The molecule has 0 radical (unpaired) electrons. The van der Waals surface area contributed by atoms with E-state index in [1.54, 1.807) is 23.1 Å². The van der Waals surface area contributed by atoms with Gasteiger partial charge in [0, 0.05) is 15.8 Å². The fraction of sp³-hybridized carbons (Fsp3) is 0.400. The van der Waals surface area contributed by atoms with Crippen LogP contribution in [0.25, 0.3) is 10.6 Å². The molecule has 19 heavy (non-hydrogen) atoms. The van der Waals surface area contributed by atoms with Gasteiger partial charge in [-0.15, -0.1) is 23.1 Å². The number of hydrogen-bond acceptors (Lipinski definition) is 4. The van der Waals surface area contributed by atoms with Crippen molar-refractivity contribution in [3.05, 3.63) is 35.3 Å². The largest absolute Gasteiger partial charge is 0.320 e. The summed E-state index contributed by atoms with van der Waals surface area (Å²) in [6.07, 6.45) is 3.91. The van der Waals surface area contributed by atoms with Crippen molar-refractivity contribution in [2.24, 2.45) is 5.73 Å². The van der Waals surface area contributed by atoms with Gasteiger partial charge in [0.25, 0.3) is 0 Å². The molecule has 1 aromatic heterocycles. The van der Waals surface area contributed by atoms with Gasteiger partial charge in [-0.2, -0.15) is 0 Å². The molecule has 0 aliphatic rings. The lowest BCUT2D eigenvalue weighted by Crippen LogP contribution is -2.35. The molecule has 0 saturated heterocycles. The van der Waals surface area contributed by atoms with Crippen molar-refractivity contribution in [2.45, 2.75) is 37.1 Å². The minimum Gasteiger partial charge on any atom is -0.320 e. The average molecular weight is 292 g/mol. The third-order valence-electron chi connectivity index (χ3n) is 3.61. The molecular formula is C15H20N2S2. The molecule has 0 fully saturated rings. The minimum absolute atomic E-state index is 0.284. The van der Waals surface area contributed by atoms with Crippen LogP contribution in [0.5, 0.6) is 0 Å². The number of nitrogens with two attached hydrogens (primary N) is 1. The van der Waals surface area contributed by atoms with E-state index < -0.39 is 0 Å². The van der Waals surface area contributed by atoms with Gasteiger partial charge in [-0.1, -0.05) is 26.0 Å². The van der Waals surface area contributed by atoms with E-state index in [9.17, 15) is 0 Å². The van der Waals surface area contributed by atoms with Crippen LogP contribution in [0.15, 0.2) is 34.5 Å². The number of nitrogens with zero attached hydrogens (tertiary/aromatic N) is 1. The molecule has 1 heterocycles. The highest BCUT2D eigenvalue weighted by Crippen LogP contribution is 2.31. The smallest absolute Gasteiger partial charge is 0.123 e. The lowest BCUT2D eigenvalue weighted by atomic mass is 9.91. The molecule has 1 aromatic carbocycles. The summed E-state index contributed by atoms with van der Waals surface area (Å²) in [5.41, 5.74) is 8.30. The maximum atomic E-state index is 6.40. The van der Waals surface area contributed by atoms with Gasteiger partial charge in [0.1, 0.15) is 5.01 Å². The first kappa shape index (κ1) is 14.6. The number of rotatable bonds is 5. The Kier molecular flexibility index (Phi) is 4.66. The quantitative estimate of drug-likeness (QED) is 0.824. The van der Waals surface area contributed by atoms with Crippen LogP contribution in [-0.2, 0) is 5.54 Å². The second kappa shape index (κ2) is 6.07. The number of thioether (sulfide) groups is 1. The maximum absolute atomic E-state index is 6.40. The highest BCUT2D eigenvalue weighted by Gasteiger charge is 2.25. The molecule has 102 valence electrons. The van der Waals surface area contributed by atoms with Crippen LogP contribution >= 0.6 is 23.1 Å². The van der Waals surface area contributed by atoms with Crippen molar-refractivity contribution in [2.75, 3.05) is 6.26 Å². The molecule has 4 heteroatoms. The van der Waals surface area contributed by atoms with Crippen molar-refractivity contribution < 1.29 is 0 Å². The van der Waals surface area contributed by atoms with E-state index >= 15 is 0 Å². The molecule has 0 atom stereocenters. The van der Waals surface area contributed by atoms with Gasteiger partial charge in [0.05, 0.1) is 11.2 Å². The summed E-state index contributed by atoms with van der Waals surface area (Å²) in [6, 6.07) is 8.53. The monoisotopic (exact) mass is 292 g/mol. The first-order chi connectivity index (χ1) is 9.12. The summed E-state index contributed by atoms with van der Waals surface area (Å²) >= 11 is 3.43. The molecule has 2 rings (SSSR count). The molecule has 2 aromatic rings. The van der Waals surface area contributed by atoms with Crippen LogP contribution in [0, 0.1) is 0 Å². The average Bonchev–Trinajstić information content (AvgIpc) is 2.97. The number of hydrogen-bond donors (Lipinski definition) is 1. The Bertz CT molecular complexity index is 527. The number of aromatic nitrogens is 1. The predicted octanol–water partition coefficient (Wildman–Crippen LogP) is 4.51. The Hall–Kier alpha value is -0.840. The van der Waals surface area contributed by atoms with Crippen LogP contribution in [0.3, 0.4) is 0 Å². The summed E-state index contributed by atoms with van der Waals surface area (Å²) in [4.78, 5) is 6.01. The molecule has 0 bridgehead atoms. The Morgan fingerprint density at radius 1 is 1.21 bits per heavy atom. The lowest BCUT2D eigenvalue weighted by molar-refractivity contribution is 0.403. The highest BCUT2D eigenvalue weighted by molar-refractivity contribution is 7.98. The van der Waals surface area contributed by atoms with Crippen molar-refractivity contribution in [1.82, 2.24) is 4.98 Å². The molecular weight excluding hydrogens is 272 g/mol. The van der Waals surface area contributed by atoms with Crippen molar-refractivity contribution in [3.63, 3.8) is 0 Å². The molecule has 0 unspecified atom stereocenters. The second-order valence-electron chi connectivity index (χ2n) is 4.63. The van der Waals surface area contributed by atoms with E-state index in [2.05, 4.69) is 49.7 Å². The van der Waals surface area contributed by atoms with Crippen LogP contribution in [0.2, 0.25) is 0 Å². The standard InChI is InChI=1S/C15H20N2S2/c1-4-15(16,5-2)13-10-19-14(17-13)11-6-8-12(18-3)9-7-11/h6-10H,4-5,16H2,1-3H3. The topological polar surface area (TPSA) is 38.9 Å². The second-order valence-corrected chi connectivity index (χ2v) is 6.37. The third kappa shape index (κ3) is 3.02. The fourth-order valence-electron chi connectivity index (χ4n) is 1.98. The van der Waals surface area contributed by atoms with Crippen molar-refractivity contribution >= 4 is 23.1 Å². The van der Waals surface area contributed by atoms with Crippen LogP contribution in [0.4, 0.5) is 0 Å². The lowest BCUT2D eigenvalue weighted by Gasteiger charge is -2.24. The van der Waals surface area contributed by atoms with Gasteiger partial charge in [0.2, 0.25) is 0 Å². The van der Waals surface area contributed by atoms with Crippen LogP contribution < -0.4 is 5.73 Å². The molecule has 2 N–H and O–H groups in total. The van der Waals surface area contributed by atoms with E-state index in [0.29, 0.717) is 0 Å². The zero-order chi connectivity index (χ0) is 13.9. The van der Waals surface area contributed by atoms with E-state index in [1.807, 2.05) is 0 Å². The van der Waals surface area contributed by atoms with Gasteiger partial charge in [0.15, 0.2) is 0 Å². The summed E-state index contributed by atoms with van der Waals surface area (Å²) < 4.78 is 0. The third-order valence-corrected chi connectivity index (χ3v) is 5.25. The summed E-state index contributed by atoms with van der Waals surface area (Å²) in [7, 11) is 0. The predicted molar refractivity (Wildman–Crippen MR) is 85.8 cm³/mol. The fourth-order valence-corrected chi connectivity index (χ4v) is 3.32. The summed E-state index contributed by atoms with van der Waals surface area (Å²) in [5, 5.41) is 3.16. The normalized spacial score (nSPS) is 11.8. The number of benzene rings is 1. The first-order valence-corrected chi connectivity index (χ1v) is 8.62. The van der Waals surface area contributed by atoms with Crippen molar-refractivity contribution in [3.8, 4) is 10.6 Å². The maximum Gasteiger partial charge on any atom is 0.123 e. The van der Waals surface area contributed by atoms with Crippen molar-refractivity contribution in [1.29, 1.82) is 0 Å². The molecule has 2 nitrogen and oxygen atoms in total. The molecule has 0 aliphatic heterocycles. The van der Waals surface area contributed by atoms with E-state index in [0.717, 1.165) is 23.5 Å². The Balaban J connectivity index is 2.29. The summed E-state index contributed by atoms with van der Waals surface area (Å²) in [6.45, 7) is 4.24. The van der Waals surface area contributed by atoms with Gasteiger partial charge < -0.3 is 5.73 Å². The number of thiazole rings is 1. The molecule has 0 saturated carbocycles. The zero-order valence-electron chi connectivity index (χ0n) is 11.6. The van der Waals surface area contributed by atoms with Gasteiger partial charge in [-0.3, -0.25) is 0 Å². The Morgan fingerprint density at radius 2 is 1.84 bits per heavy atom. The Labute approximate surface area is 123 Å². The first-order valence-electron chi connectivity index (χ1n) is 6.52. The van der Waals surface area contributed by atoms with Crippen LogP contribution in [0.1, 0.15) is 32.4 Å². The zero-order valence-corrected chi connectivity index (χ0v) is 13.3. The van der Waals surface area contributed by atoms with Gasteiger partial charge >= 0.3 is 0 Å². The minimum atomic E-state index is -0.284. The Morgan fingerprint density at radius 3 is 2.37 bits per heavy atom. The SMILES string of the molecule is CCC(N)(CC)c1csc(-c2ccc(SC)cc2)n1. The molecule has 0 aliphatic carbocycles.